The average molecular weight is 1970 g/mol. The van der Waals surface area contributed by atoms with Crippen molar-refractivity contribution in [3.8, 4) is 44.9 Å². The molecule has 0 saturated carbocycles. The summed E-state index contributed by atoms with van der Waals surface area (Å²) in [6.07, 6.45) is -4.28. The predicted octanol–water partition coefficient (Wildman–Crippen LogP) is 44.7. The van der Waals surface area contributed by atoms with Gasteiger partial charge >= 0.3 is 12.4 Å². The zero-order chi connectivity index (χ0) is 107. The van der Waals surface area contributed by atoms with Gasteiger partial charge in [0, 0.05) is 42.1 Å². The van der Waals surface area contributed by atoms with E-state index in [4.69, 9.17) is 9.15 Å². The van der Waals surface area contributed by atoms with E-state index in [1.165, 1.54) is 132 Å². The molecule has 0 saturated heterocycles. The predicted molar refractivity (Wildman–Crippen MR) is 627 cm³/mol. The summed E-state index contributed by atoms with van der Waals surface area (Å²) in [4.78, 5) is 0. The lowest BCUT2D eigenvalue weighted by Gasteiger charge is -2.23. The molecule has 9 heteroatoms. The Morgan fingerprint density at radius 2 is 0.486 bits per heavy atom. The molecule has 0 bridgehead atoms. The highest BCUT2D eigenvalue weighted by atomic mass is 32.1. The van der Waals surface area contributed by atoms with E-state index in [0.717, 1.165) is 58.4 Å². The normalized spacial score (nSPS) is 11.9. The van der Waals surface area contributed by atoms with E-state index in [9.17, 15) is 26.3 Å². The fourth-order valence-electron chi connectivity index (χ4n) is 15.4. The van der Waals surface area contributed by atoms with Gasteiger partial charge in [-0.1, -0.05) is 551 Å². The summed E-state index contributed by atoms with van der Waals surface area (Å²) in [6.45, 7) is 57.9. The molecule has 2 aromatic heterocycles. The maximum atomic E-state index is 13.8. The second-order valence-corrected chi connectivity index (χ2v) is 48.5. The second kappa shape index (κ2) is 50.5. The van der Waals surface area contributed by atoms with E-state index in [0.29, 0.717) is 38.1 Å². The zero-order valence-corrected chi connectivity index (χ0v) is 91.7. The summed E-state index contributed by atoms with van der Waals surface area (Å²) in [6, 6.07) is 131. The Labute approximate surface area is 870 Å². The highest BCUT2D eigenvalue weighted by Crippen LogP contribution is 2.49. The molecule has 1 aliphatic heterocycles. The van der Waals surface area contributed by atoms with Crippen molar-refractivity contribution in [3.63, 3.8) is 0 Å². The largest absolute Gasteiger partial charge is 0.456 e. The Hall–Kier alpha value is -13.6. The Morgan fingerprint density at radius 3 is 0.856 bits per heavy atom. The number of hydrogen-bond donors (Lipinski definition) is 0. The molecule has 2 nitrogen and oxygen atoms in total. The van der Waals surface area contributed by atoms with Crippen molar-refractivity contribution in [2.24, 2.45) is 32.5 Å². The van der Waals surface area contributed by atoms with Gasteiger partial charge in [0.2, 0.25) is 0 Å². The van der Waals surface area contributed by atoms with Crippen LogP contribution < -0.4 is 4.74 Å². The van der Waals surface area contributed by atoms with Crippen LogP contribution in [0.25, 0.3) is 142 Å². The van der Waals surface area contributed by atoms with Crippen molar-refractivity contribution in [2.75, 3.05) is 0 Å². The smallest absolute Gasteiger partial charge is 0.417 e. The first-order chi connectivity index (χ1) is 68.5. The Balaban J connectivity index is 0.000000168. The van der Waals surface area contributed by atoms with Gasteiger partial charge in [0.25, 0.3) is 0 Å². The number of thiophene rings is 1. The number of alkyl halides is 6. The number of halogens is 6. The number of para-hydroxylation sites is 4. The number of furan rings is 1. The summed E-state index contributed by atoms with van der Waals surface area (Å²) in [5.74, 6) is 1.83. The van der Waals surface area contributed by atoms with Gasteiger partial charge in [0.15, 0.2) is 0 Å². The molecule has 0 N–H and O–H groups in total. The van der Waals surface area contributed by atoms with E-state index in [-0.39, 0.29) is 0 Å². The first-order valence-electron chi connectivity index (χ1n) is 50.5. The number of hydrogen-bond acceptors (Lipinski definition) is 3. The molecule has 0 atom stereocenters. The van der Waals surface area contributed by atoms with Gasteiger partial charge in [0.1, 0.15) is 22.7 Å². The van der Waals surface area contributed by atoms with Gasteiger partial charge in [-0.25, -0.2) is 0 Å². The van der Waals surface area contributed by atoms with Crippen LogP contribution in [-0.4, -0.2) is 0 Å². The molecule has 18 aromatic carbocycles. The molecule has 758 valence electrons. The highest BCUT2D eigenvalue weighted by Gasteiger charge is 2.41. The van der Waals surface area contributed by atoms with Crippen LogP contribution in [0.3, 0.4) is 0 Å². The molecular weight excluding hydrogens is 1820 g/mol. The molecule has 0 fully saturated rings. The van der Waals surface area contributed by atoms with Crippen molar-refractivity contribution in [3.05, 3.63) is 433 Å². The molecular formula is C137H150F6O2S. The van der Waals surface area contributed by atoms with Crippen LogP contribution in [0.2, 0.25) is 0 Å². The second-order valence-electron chi connectivity index (χ2n) is 47.4. The van der Waals surface area contributed by atoms with Gasteiger partial charge in [-0.2, -0.15) is 26.3 Å². The average Bonchev–Trinajstić information content (AvgIpc) is 0.961. The number of fused-ring (bicyclic) bond motifs is 16. The third-order valence-electron chi connectivity index (χ3n) is 21.0. The van der Waals surface area contributed by atoms with Crippen LogP contribution in [0.4, 0.5) is 26.3 Å². The van der Waals surface area contributed by atoms with Gasteiger partial charge in [0.05, 0.1) is 11.1 Å². The van der Waals surface area contributed by atoms with Crippen molar-refractivity contribution in [2.45, 2.75) is 211 Å². The van der Waals surface area contributed by atoms with E-state index in [1.54, 1.807) is 20.8 Å². The van der Waals surface area contributed by atoms with Crippen molar-refractivity contribution in [1.82, 2.24) is 0 Å². The van der Waals surface area contributed by atoms with E-state index in [1.807, 2.05) is 84.1 Å². The molecule has 2 aliphatic rings. The van der Waals surface area contributed by atoms with Gasteiger partial charge in [-0.05, 0) is 191 Å². The topological polar surface area (TPSA) is 22.4 Å². The maximum Gasteiger partial charge on any atom is 0.417 e. The minimum Gasteiger partial charge on any atom is -0.456 e. The molecule has 146 heavy (non-hydrogen) atoms. The van der Waals surface area contributed by atoms with Crippen LogP contribution in [-0.2, 0) is 24.2 Å². The van der Waals surface area contributed by atoms with Gasteiger partial charge in [-0.3, -0.25) is 0 Å². The lowest BCUT2D eigenvalue weighted by atomic mass is 9.83. The maximum absolute atomic E-state index is 13.8. The molecule has 20 aromatic rings. The molecule has 3 heterocycles. The van der Waals surface area contributed by atoms with Crippen LogP contribution in [0.15, 0.2) is 399 Å². The van der Waals surface area contributed by atoms with Crippen LogP contribution >= 0.6 is 11.3 Å². The zero-order valence-electron chi connectivity index (χ0n) is 90.9. The SMILES string of the molecule is C1=Cc2ccccc2Oc2ccccc21.CC(C)(C)C.CC(C)(C)C.CC(C)(C)C.CC(C)(C)C.CC(C)(C)C.CC(C)(C)C.CC(C)(C)c1ccc2c(C(F)(F)F)c3ccccc3c(C(F)(F)F)c2c1.c1ccc(-c2cccc3ccccc23)cc1.c1ccc2c(-c3cccc4ccccc34)cccc2c1.c1ccc2c(c1)Cc1ccccc1-2.c1ccc2c(c1)oc1ccccc12.c1ccc2c(c1)sc1ccccc12. The summed E-state index contributed by atoms with van der Waals surface area (Å²) >= 11 is 1.86. The number of benzene rings is 18. The molecule has 0 unspecified atom stereocenters. The van der Waals surface area contributed by atoms with Gasteiger partial charge in [-0.15, -0.1) is 11.3 Å². The van der Waals surface area contributed by atoms with Crippen molar-refractivity contribution < 1.29 is 35.5 Å². The highest BCUT2D eigenvalue weighted by molar-refractivity contribution is 7.25. The Morgan fingerprint density at radius 1 is 0.219 bits per heavy atom. The van der Waals surface area contributed by atoms with Gasteiger partial charge < -0.3 is 9.15 Å². The fourth-order valence-corrected chi connectivity index (χ4v) is 16.5. The minimum atomic E-state index is -4.78. The summed E-state index contributed by atoms with van der Waals surface area (Å²) < 4.78 is 96.9. The van der Waals surface area contributed by atoms with E-state index >= 15 is 0 Å². The minimum absolute atomic E-state index is 0.420. The Bertz CT molecular complexity index is 7100. The lowest BCUT2D eigenvalue weighted by Crippen LogP contribution is -2.15. The number of rotatable bonds is 2. The van der Waals surface area contributed by atoms with Crippen molar-refractivity contribution in [1.29, 1.82) is 0 Å². The quantitative estimate of drug-likeness (QED) is 0.127. The van der Waals surface area contributed by atoms with Crippen LogP contribution in [0.5, 0.6) is 11.5 Å². The molecule has 22 rings (SSSR count). The van der Waals surface area contributed by atoms with Crippen LogP contribution in [0.1, 0.15) is 226 Å². The summed E-state index contributed by atoms with van der Waals surface area (Å²) in [5.41, 5.74) is 16.1. The molecule has 0 amide bonds. The number of ether oxygens (including phenoxy) is 1. The third kappa shape index (κ3) is 36.6. The standard InChI is InChI=1S/C20H16F6.C20H14.C16H12.C14H10O.C13H10.C12H8O.C12H8S.6C5H12/c1-18(2,3)11-8-9-14-15(10-11)17(20(24,25)26)13-7-5-4-6-12(13)16(14)19(21,22)23;1-3-11-17-15(7-1)9-5-13-19(17)20-14-6-10-16-8-2-4-12-18(16)20;1-2-7-13(8-3-1)16-12-6-10-14-9-4-5-11-15(14)16;1-3-7-13-11(5-1)9-10-12-6-2-4-8-14(12)15-13;1-3-7-12-10(5-1)9-11-6-2-4-8-13(11)12;2*1-3-7-11-9(5-1)10-6-2-4-8-12(10)13-11;6*1-5(2,3)4/h4-10H,1-3H3;1-14H;1-12H;1-10H;1-8H,9H2;2*1-8H;6*1-4H3. The third-order valence-corrected chi connectivity index (χ3v) is 22.1. The van der Waals surface area contributed by atoms with E-state index in [2.05, 4.69) is 457 Å². The van der Waals surface area contributed by atoms with E-state index < -0.39 is 50.4 Å². The van der Waals surface area contributed by atoms with Crippen molar-refractivity contribution >= 4 is 119 Å². The first kappa shape index (κ1) is 114. The monoisotopic (exact) mass is 1970 g/mol. The summed E-state index contributed by atoms with van der Waals surface area (Å²) in [7, 11) is 0. The fraction of sp³-hybridized carbons (Fsp3) is 0.270. The molecule has 0 spiro atoms. The first-order valence-corrected chi connectivity index (χ1v) is 51.4. The Kier molecular flexibility index (Phi) is 39.5. The summed E-state index contributed by atoms with van der Waals surface area (Å²) in [5, 5.41) is 11.2. The van der Waals surface area contributed by atoms with Crippen LogP contribution in [0, 0.1) is 32.5 Å². The lowest BCUT2D eigenvalue weighted by molar-refractivity contribution is -0.137. The molecule has 0 radical (unpaired) electrons. The molecule has 1 aliphatic carbocycles.